The summed E-state index contributed by atoms with van der Waals surface area (Å²) >= 11 is 3.51. The Bertz CT molecular complexity index is 21.6. The number of hydrogen-bond donors (Lipinski definition) is 0. The molecule has 0 N–H and O–H groups in total. The van der Waals surface area contributed by atoms with Crippen LogP contribution in [0.2, 0.25) is 0 Å². The minimum atomic E-state index is 0.583. The standard InChI is InChI=1S/C2H6NSe2/c1-3(2)5-4/h1-2H3. The summed E-state index contributed by atoms with van der Waals surface area (Å²) in [6, 6.07) is 0. The summed E-state index contributed by atoms with van der Waals surface area (Å²) in [4.78, 5) is 0. The van der Waals surface area contributed by atoms with Gasteiger partial charge in [-0.1, -0.05) is 0 Å². The fraction of sp³-hybridized carbons (Fsp3) is 1.00. The summed E-state index contributed by atoms with van der Waals surface area (Å²) < 4.78 is 2.13. The van der Waals surface area contributed by atoms with E-state index in [1.807, 2.05) is 0 Å². The molecule has 0 spiro atoms. The molecule has 0 amide bonds. The van der Waals surface area contributed by atoms with E-state index < -0.39 is 0 Å². The van der Waals surface area contributed by atoms with Crippen molar-refractivity contribution < 1.29 is 0 Å². The van der Waals surface area contributed by atoms with Crippen molar-refractivity contribution in [2.45, 2.75) is 0 Å². The van der Waals surface area contributed by atoms with Gasteiger partial charge in [-0.05, 0) is 0 Å². The molecule has 0 unspecified atom stereocenters. The second-order valence-electron chi connectivity index (χ2n) is 0.887. The average molecular weight is 202 g/mol. The molecule has 0 aliphatic heterocycles. The van der Waals surface area contributed by atoms with Crippen LogP contribution in [-0.2, 0) is 0 Å². The number of hydrogen-bond acceptors (Lipinski definition) is 1. The number of nitrogens with zero attached hydrogens (tertiary/aromatic N) is 1. The average Bonchev–Trinajstić information content (AvgIpc) is 1.38. The van der Waals surface area contributed by atoms with Crippen LogP contribution in [0.25, 0.3) is 0 Å². The van der Waals surface area contributed by atoms with E-state index in [-0.39, 0.29) is 0 Å². The molecule has 0 atom stereocenters. The zero-order chi connectivity index (χ0) is 4.28. The topological polar surface area (TPSA) is 3.24 Å². The van der Waals surface area contributed by atoms with Crippen molar-refractivity contribution in [2.24, 2.45) is 0 Å². The summed E-state index contributed by atoms with van der Waals surface area (Å²) in [6.07, 6.45) is 0. The van der Waals surface area contributed by atoms with Gasteiger partial charge < -0.3 is 0 Å². The van der Waals surface area contributed by atoms with Gasteiger partial charge in [-0.15, -0.1) is 0 Å². The summed E-state index contributed by atoms with van der Waals surface area (Å²) in [7, 11) is 4.10. The van der Waals surface area contributed by atoms with Crippen LogP contribution in [0.4, 0.5) is 0 Å². The van der Waals surface area contributed by atoms with Gasteiger partial charge in [0.2, 0.25) is 0 Å². The van der Waals surface area contributed by atoms with Gasteiger partial charge in [-0.25, -0.2) is 0 Å². The van der Waals surface area contributed by atoms with E-state index in [0.29, 0.717) is 13.3 Å². The summed E-state index contributed by atoms with van der Waals surface area (Å²) in [5.41, 5.74) is 0. The van der Waals surface area contributed by atoms with Crippen LogP contribution in [-0.4, -0.2) is 45.5 Å². The van der Waals surface area contributed by atoms with Crippen molar-refractivity contribution in [1.82, 2.24) is 3.92 Å². The molecule has 0 aromatic carbocycles. The fourth-order valence-corrected chi connectivity index (χ4v) is 0. The fourth-order valence-electron chi connectivity index (χ4n) is 0. The molecular formula is C2H6NSe2. The van der Waals surface area contributed by atoms with Gasteiger partial charge in [-0.2, -0.15) is 0 Å². The van der Waals surface area contributed by atoms with Crippen molar-refractivity contribution in [3.63, 3.8) is 0 Å². The quantitative estimate of drug-likeness (QED) is 0.505. The molecule has 0 heterocycles. The zero-order valence-electron chi connectivity index (χ0n) is 3.26. The molecule has 0 aliphatic carbocycles. The summed E-state index contributed by atoms with van der Waals surface area (Å²) in [5.74, 6) is 0. The van der Waals surface area contributed by atoms with Crippen LogP contribution in [0.3, 0.4) is 0 Å². The molecule has 0 rings (SSSR count). The third-order valence-electron chi connectivity index (χ3n) is 0.149. The third-order valence-corrected chi connectivity index (χ3v) is 4.02. The monoisotopic (exact) mass is 204 g/mol. The molecule has 0 fully saturated rings. The molecule has 31 valence electrons. The van der Waals surface area contributed by atoms with Crippen LogP contribution in [0.5, 0.6) is 0 Å². The molecule has 0 aromatic heterocycles. The van der Waals surface area contributed by atoms with Crippen LogP contribution < -0.4 is 0 Å². The predicted molar refractivity (Wildman–Crippen MR) is 25.2 cm³/mol. The summed E-state index contributed by atoms with van der Waals surface area (Å²) in [6.45, 7) is 0. The maximum absolute atomic E-state index is 2.93. The third kappa shape index (κ3) is 5.00. The van der Waals surface area contributed by atoms with Crippen LogP contribution >= 0.6 is 0 Å². The molecule has 0 aliphatic rings. The van der Waals surface area contributed by atoms with E-state index in [1.165, 1.54) is 0 Å². The van der Waals surface area contributed by atoms with Crippen molar-refractivity contribution in [3.8, 4) is 0 Å². The molecule has 0 saturated carbocycles. The Morgan fingerprint density at radius 2 is 1.80 bits per heavy atom. The van der Waals surface area contributed by atoms with Gasteiger partial charge in [-0.3, -0.25) is 0 Å². The predicted octanol–water partition coefficient (Wildman–Crippen LogP) is -0.749. The maximum atomic E-state index is 2.93. The second-order valence-corrected chi connectivity index (χ2v) is 4.36. The Morgan fingerprint density at radius 3 is 1.80 bits per heavy atom. The van der Waals surface area contributed by atoms with Gasteiger partial charge in [0.05, 0.1) is 0 Å². The normalized spacial score (nSPS) is 9.60. The van der Waals surface area contributed by atoms with E-state index in [9.17, 15) is 0 Å². The Balaban J connectivity index is 2.54. The van der Waals surface area contributed by atoms with Crippen molar-refractivity contribution >= 4 is 27.5 Å². The SMILES string of the molecule is CN(C)[Se][Se]. The van der Waals surface area contributed by atoms with E-state index in [4.69, 9.17) is 0 Å². The minimum absolute atomic E-state index is 0.583. The first kappa shape index (κ1) is 6.00. The first-order valence-corrected chi connectivity index (χ1v) is 6.34. The van der Waals surface area contributed by atoms with Gasteiger partial charge in [0.1, 0.15) is 0 Å². The zero-order valence-corrected chi connectivity index (χ0v) is 6.69. The van der Waals surface area contributed by atoms with E-state index in [2.05, 4.69) is 32.2 Å². The molecule has 1 nitrogen and oxygen atoms in total. The Labute approximate surface area is 45.8 Å². The Hall–Kier alpha value is 0.999. The van der Waals surface area contributed by atoms with Crippen LogP contribution in [0.15, 0.2) is 0 Å². The second kappa shape index (κ2) is 3.20. The summed E-state index contributed by atoms with van der Waals surface area (Å²) in [5, 5.41) is 0. The van der Waals surface area contributed by atoms with Crippen molar-refractivity contribution in [2.75, 3.05) is 14.1 Å². The first-order valence-electron chi connectivity index (χ1n) is 1.24. The Kier molecular flexibility index (Phi) is 3.84. The van der Waals surface area contributed by atoms with Crippen LogP contribution in [0.1, 0.15) is 0 Å². The van der Waals surface area contributed by atoms with E-state index in [0.717, 1.165) is 0 Å². The molecular weight excluding hydrogens is 196 g/mol. The molecule has 0 saturated heterocycles. The van der Waals surface area contributed by atoms with E-state index in [1.54, 1.807) is 0 Å². The Morgan fingerprint density at radius 1 is 1.60 bits per heavy atom. The molecule has 1 radical (unpaired) electrons. The molecule has 3 heteroatoms. The van der Waals surface area contributed by atoms with Crippen LogP contribution in [0, 0.1) is 0 Å². The molecule has 5 heavy (non-hydrogen) atoms. The molecule has 0 aromatic rings. The number of rotatable bonds is 1. The van der Waals surface area contributed by atoms with Gasteiger partial charge in [0.15, 0.2) is 0 Å². The van der Waals surface area contributed by atoms with E-state index >= 15 is 0 Å². The van der Waals surface area contributed by atoms with Gasteiger partial charge >= 0.3 is 45.5 Å². The van der Waals surface area contributed by atoms with Gasteiger partial charge in [0, 0.05) is 0 Å². The van der Waals surface area contributed by atoms with Crippen molar-refractivity contribution in [1.29, 1.82) is 0 Å². The molecule has 0 bridgehead atoms. The van der Waals surface area contributed by atoms with Crippen molar-refractivity contribution in [3.05, 3.63) is 0 Å². The first-order chi connectivity index (χ1) is 2.27. The van der Waals surface area contributed by atoms with Gasteiger partial charge in [0.25, 0.3) is 0 Å².